The van der Waals surface area contributed by atoms with Gasteiger partial charge < -0.3 is 10.1 Å². The molecular weight excluding hydrogens is 330 g/mol. The van der Waals surface area contributed by atoms with Crippen LogP contribution in [0.2, 0.25) is 0 Å². The smallest absolute Gasteiger partial charge is 0.237 e. The number of ether oxygens (including phenoxy) is 1. The fourth-order valence-corrected chi connectivity index (χ4v) is 2.55. The average Bonchev–Trinajstić information content (AvgIpc) is 3.07. The molecule has 0 spiro atoms. The molecule has 0 fully saturated rings. The topological polar surface area (TPSA) is 81.4 Å². The van der Waals surface area contributed by atoms with Gasteiger partial charge in [0.15, 0.2) is 5.65 Å². The third-order valence-electron chi connectivity index (χ3n) is 3.69. The van der Waals surface area contributed by atoms with Gasteiger partial charge in [-0.05, 0) is 42.5 Å². The van der Waals surface area contributed by atoms with Crippen molar-refractivity contribution in [3.05, 3.63) is 67.1 Å². The van der Waals surface area contributed by atoms with Crippen molar-refractivity contribution in [2.75, 3.05) is 5.32 Å². The molecular formula is C19H15N5O2. The van der Waals surface area contributed by atoms with E-state index in [9.17, 15) is 4.79 Å². The molecule has 0 saturated heterocycles. The van der Waals surface area contributed by atoms with Crippen LogP contribution in [0.5, 0.6) is 11.6 Å². The second-order valence-electron chi connectivity index (χ2n) is 5.63. The minimum Gasteiger partial charge on any atom is -0.438 e. The van der Waals surface area contributed by atoms with Gasteiger partial charge >= 0.3 is 0 Å². The summed E-state index contributed by atoms with van der Waals surface area (Å²) in [7, 11) is 0. The van der Waals surface area contributed by atoms with Crippen molar-refractivity contribution in [2.24, 2.45) is 0 Å². The van der Waals surface area contributed by atoms with Crippen molar-refractivity contribution in [1.29, 1.82) is 0 Å². The molecule has 7 nitrogen and oxygen atoms in total. The quantitative estimate of drug-likeness (QED) is 0.612. The highest BCUT2D eigenvalue weighted by atomic mass is 16.5. The molecule has 0 saturated carbocycles. The van der Waals surface area contributed by atoms with Gasteiger partial charge in [-0.2, -0.15) is 0 Å². The van der Waals surface area contributed by atoms with Gasteiger partial charge in [0.25, 0.3) is 0 Å². The van der Waals surface area contributed by atoms with Crippen LogP contribution in [-0.4, -0.2) is 25.5 Å². The van der Waals surface area contributed by atoms with E-state index in [1.54, 1.807) is 53.4 Å². The third-order valence-corrected chi connectivity index (χ3v) is 3.69. The second kappa shape index (κ2) is 6.64. The molecule has 26 heavy (non-hydrogen) atoms. The zero-order valence-corrected chi connectivity index (χ0v) is 14.0. The number of amides is 1. The number of nitrogens with zero attached hydrogens (tertiary/aromatic N) is 4. The maximum Gasteiger partial charge on any atom is 0.237 e. The number of imidazole rings is 1. The summed E-state index contributed by atoms with van der Waals surface area (Å²) in [4.78, 5) is 19.6. The van der Waals surface area contributed by atoms with Crippen LogP contribution in [0, 0.1) is 0 Å². The molecule has 0 atom stereocenters. The van der Waals surface area contributed by atoms with Crippen LogP contribution in [0.25, 0.3) is 16.9 Å². The molecule has 1 amide bonds. The molecule has 0 bridgehead atoms. The maximum absolute atomic E-state index is 11.1. The number of hydrogen-bond acceptors (Lipinski definition) is 5. The van der Waals surface area contributed by atoms with Crippen LogP contribution in [0.15, 0.2) is 67.1 Å². The Labute approximate surface area is 149 Å². The molecule has 4 rings (SSSR count). The standard InChI is InChI=1S/C19H15N5O2/c1-13(25)22-15-4-6-16(7-5-15)26-19-9-8-18-21-12-17(24(18)23-19)14-3-2-10-20-11-14/h2-12H,1H3,(H,22,25). The molecule has 1 aromatic carbocycles. The van der Waals surface area contributed by atoms with Gasteiger partial charge in [-0.1, -0.05) is 0 Å². The number of aromatic nitrogens is 4. The zero-order valence-electron chi connectivity index (χ0n) is 14.0. The first-order valence-electron chi connectivity index (χ1n) is 8.00. The van der Waals surface area contributed by atoms with Gasteiger partial charge in [0.2, 0.25) is 11.8 Å². The van der Waals surface area contributed by atoms with Crippen molar-refractivity contribution >= 4 is 17.2 Å². The van der Waals surface area contributed by atoms with Gasteiger partial charge in [0.1, 0.15) is 5.75 Å². The SMILES string of the molecule is CC(=O)Nc1ccc(Oc2ccc3ncc(-c4cccnc4)n3n2)cc1. The van der Waals surface area contributed by atoms with Crippen molar-refractivity contribution in [3.63, 3.8) is 0 Å². The van der Waals surface area contributed by atoms with Gasteiger partial charge in [-0.3, -0.25) is 9.78 Å². The zero-order chi connectivity index (χ0) is 17.9. The molecule has 3 heterocycles. The highest BCUT2D eigenvalue weighted by Crippen LogP contribution is 2.24. The van der Waals surface area contributed by atoms with Crippen molar-refractivity contribution in [1.82, 2.24) is 19.6 Å². The van der Waals surface area contributed by atoms with E-state index in [1.165, 1.54) is 6.92 Å². The molecule has 0 aliphatic rings. The monoisotopic (exact) mass is 345 g/mol. The molecule has 0 aliphatic carbocycles. The van der Waals surface area contributed by atoms with E-state index >= 15 is 0 Å². The maximum atomic E-state index is 11.1. The predicted molar refractivity (Wildman–Crippen MR) is 97.0 cm³/mol. The van der Waals surface area contributed by atoms with Crippen LogP contribution >= 0.6 is 0 Å². The van der Waals surface area contributed by atoms with Crippen LogP contribution < -0.4 is 10.1 Å². The minimum atomic E-state index is -0.117. The van der Waals surface area contributed by atoms with Crippen LogP contribution in [0.1, 0.15) is 6.92 Å². The van der Waals surface area contributed by atoms with Gasteiger partial charge in [-0.15, -0.1) is 5.10 Å². The number of pyridine rings is 1. The minimum absolute atomic E-state index is 0.117. The van der Waals surface area contributed by atoms with E-state index in [0.717, 1.165) is 16.9 Å². The lowest BCUT2D eigenvalue weighted by Crippen LogP contribution is -2.05. The van der Waals surface area contributed by atoms with Crippen molar-refractivity contribution < 1.29 is 9.53 Å². The summed E-state index contributed by atoms with van der Waals surface area (Å²) in [5, 5.41) is 7.23. The largest absolute Gasteiger partial charge is 0.438 e. The Morgan fingerprint density at radius 1 is 1.08 bits per heavy atom. The van der Waals surface area contributed by atoms with Gasteiger partial charge in [0.05, 0.1) is 11.9 Å². The molecule has 4 aromatic rings. The van der Waals surface area contributed by atoms with Crippen LogP contribution in [0.4, 0.5) is 5.69 Å². The lowest BCUT2D eigenvalue weighted by Gasteiger charge is -2.07. The first-order valence-corrected chi connectivity index (χ1v) is 8.00. The summed E-state index contributed by atoms with van der Waals surface area (Å²) >= 11 is 0. The summed E-state index contributed by atoms with van der Waals surface area (Å²) < 4.78 is 7.54. The number of hydrogen-bond donors (Lipinski definition) is 1. The summed E-state index contributed by atoms with van der Waals surface area (Å²) in [6, 6.07) is 14.5. The highest BCUT2D eigenvalue weighted by Gasteiger charge is 2.09. The lowest BCUT2D eigenvalue weighted by atomic mass is 10.2. The lowest BCUT2D eigenvalue weighted by molar-refractivity contribution is -0.114. The molecule has 3 aromatic heterocycles. The Balaban J connectivity index is 1.62. The summed E-state index contributed by atoms with van der Waals surface area (Å²) in [6.07, 6.45) is 5.24. The fourth-order valence-electron chi connectivity index (χ4n) is 2.55. The molecule has 0 radical (unpaired) electrons. The molecule has 1 N–H and O–H groups in total. The van der Waals surface area contributed by atoms with Crippen molar-refractivity contribution in [3.8, 4) is 22.9 Å². The normalized spacial score (nSPS) is 10.7. The Hall–Kier alpha value is -3.74. The third kappa shape index (κ3) is 3.23. The first kappa shape index (κ1) is 15.8. The van der Waals surface area contributed by atoms with Gasteiger partial charge in [0, 0.05) is 36.6 Å². The Morgan fingerprint density at radius 2 is 1.92 bits per heavy atom. The summed E-state index contributed by atoms with van der Waals surface area (Å²) in [6.45, 7) is 1.47. The molecule has 128 valence electrons. The van der Waals surface area contributed by atoms with E-state index in [-0.39, 0.29) is 5.91 Å². The predicted octanol–water partition coefficient (Wildman–Crippen LogP) is 3.54. The van der Waals surface area contributed by atoms with E-state index in [2.05, 4.69) is 20.4 Å². The molecule has 7 heteroatoms. The van der Waals surface area contributed by atoms with E-state index < -0.39 is 0 Å². The fraction of sp³-hybridized carbons (Fsp3) is 0.0526. The van der Waals surface area contributed by atoms with E-state index in [1.807, 2.05) is 18.2 Å². The number of carbonyl (C=O) groups excluding carboxylic acids is 1. The number of carbonyl (C=O) groups is 1. The number of anilines is 1. The Bertz CT molecular complexity index is 1060. The first-order chi connectivity index (χ1) is 12.7. The second-order valence-corrected chi connectivity index (χ2v) is 5.63. The Morgan fingerprint density at radius 3 is 2.65 bits per heavy atom. The van der Waals surface area contributed by atoms with E-state index in [0.29, 0.717) is 17.3 Å². The van der Waals surface area contributed by atoms with Crippen LogP contribution in [0.3, 0.4) is 0 Å². The summed E-state index contributed by atoms with van der Waals surface area (Å²) in [5.41, 5.74) is 3.18. The number of nitrogens with one attached hydrogen (secondary N) is 1. The number of rotatable bonds is 4. The number of fused-ring (bicyclic) bond motifs is 1. The Kier molecular flexibility index (Phi) is 4.03. The number of benzene rings is 1. The van der Waals surface area contributed by atoms with E-state index in [4.69, 9.17) is 4.74 Å². The van der Waals surface area contributed by atoms with Crippen LogP contribution in [-0.2, 0) is 4.79 Å². The highest BCUT2D eigenvalue weighted by molar-refractivity contribution is 5.88. The molecule has 0 aliphatic heterocycles. The van der Waals surface area contributed by atoms with Gasteiger partial charge in [-0.25, -0.2) is 9.50 Å². The van der Waals surface area contributed by atoms with Crippen molar-refractivity contribution in [2.45, 2.75) is 6.92 Å². The average molecular weight is 345 g/mol. The summed E-state index contributed by atoms with van der Waals surface area (Å²) in [5.74, 6) is 0.940. The molecule has 0 unspecified atom stereocenters.